The van der Waals surface area contributed by atoms with Crippen LogP contribution in [0.2, 0.25) is 0 Å². The molecule has 0 saturated carbocycles. The van der Waals surface area contributed by atoms with Crippen molar-refractivity contribution in [1.29, 1.82) is 0 Å². The quantitative estimate of drug-likeness (QED) is 0.778. The van der Waals surface area contributed by atoms with E-state index in [4.69, 9.17) is 4.74 Å². The summed E-state index contributed by atoms with van der Waals surface area (Å²) in [5, 5.41) is 2.75. The Hall–Kier alpha value is -1.67. The molecule has 8 heteroatoms. The Kier molecular flexibility index (Phi) is 6.99. The number of nitrogens with zero attached hydrogens (tertiary/aromatic N) is 2. The van der Waals surface area contributed by atoms with Gasteiger partial charge >= 0.3 is 0 Å². The second-order valence-electron chi connectivity index (χ2n) is 5.47. The van der Waals surface area contributed by atoms with Crippen LogP contribution in [0.5, 0.6) is 5.75 Å². The van der Waals surface area contributed by atoms with Crippen molar-refractivity contribution < 1.29 is 18.7 Å². The molecule has 2 rings (SSSR count). The number of benzene rings is 1. The van der Waals surface area contributed by atoms with Crippen molar-refractivity contribution >= 4 is 27.7 Å². The molecular weight excluding hydrogens is 381 g/mol. The van der Waals surface area contributed by atoms with Gasteiger partial charge in [0.1, 0.15) is 0 Å². The molecule has 6 nitrogen and oxygen atoms in total. The van der Waals surface area contributed by atoms with Crippen molar-refractivity contribution in [1.82, 2.24) is 15.1 Å². The van der Waals surface area contributed by atoms with Crippen LogP contribution in [0.15, 0.2) is 22.7 Å². The molecule has 1 saturated heterocycles. The normalized spacial score (nSPS) is 15.2. The maximum absolute atomic E-state index is 13.7. The summed E-state index contributed by atoms with van der Waals surface area (Å²) in [7, 11) is 0. The van der Waals surface area contributed by atoms with Gasteiger partial charge in [-0.3, -0.25) is 14.5 Å². The summed E-state index contributed by atoms with van der Waals surface area (Å²) in [5.41, 5.74) is 0. The molecular formula is C16H21BrFN3O3. The maximum atomic E-state index is 13.7. The van der Waals surface area contributed by atoms with Crippen LogP contribution < -0.4 is 10.1 Å². The van der Waals surface area contributed by atoms with Gasteiger partial charge in [0.15, 0.2) is 18.2 Å². The molecule has 0 aliphatic carbocycles. The van der Waals surface area contributed by atoms with Crippen LogP contribution in [0.25, 0.3) is 0 Å². The second-order valence-corrected chi connectivity index (χ2v) is 6.39. The highest BCUT2D eigenvalue weighted by Crippen LogP contribution is 2.21. The molecule has 1 fully saturated rings. The van der Waals surface area contributed by atoms with Crippen molar-refractivity contribution in [3.05, 3.63) is 28.5 Å². The summed E-state index contributed by atoms with van der Waals surface area (Å²) < 4.78 is 19.5. The topological polar surface area (TPSA) is 61.9 Å². The minimum atomic E-state index is -0.510. The summed E-state index contributed by atoms with van der Waals surface area (Å²) in [4.78, 5) is 27.4. The Morgan fingerprint density at radius 3 is 2.62 bits per heavy atom. The van der Waals surface area contributed by atoms with Gasteiger partial charge < -0.3 is 15.0 Å². The fourth-order valence-corrected chi connectivity index (χ4v) is 2.77. The first-order valence-electron chi connectivity index (χ1n) is 7.84. The number of amides is 2. The number of rotatable bonds is 6. The van der Waals surface area contributed by atoms with E-state index in [2.05, 4.69) is 21.2 Å². The number of halogens is 2. The Morgan fingerprint density at radius 2 is 2.00 bits per heavy atom. The van der Waals surface area contributed by atoms with Crippen LogP contribution in [0.4, 0.5) is 4.39 Å². The average molecular weight is 402 g/mol. The number of nitrogens with one attached hydrogen (secondary N) is 1. The van der Waals surface area contributed by atoms with E-state index in [1.807, 2.05) is 11.8 Å². The van der Waals surface area contributed by atoms with Gasteiger partial charge in [-0.25, -0.2) is 4.39 Å². The maximum Gasteiger partial charge on any atom is 0.260 e. The minimum absolute atomic E-state index is 0.00803. The second kappa shape index (κ2) is 8.98. The molecule has 0 aromatic heterocycles. The van der Waals surface area contributed by atoms with E-state index in [1.165, 1.54) is 12.1 Å². The molecule has 1 aliphatic heterocycles. The lowest BCUT2D eigenvalue weighted by molar-refractivity contribution is -0.135. The first-order chi connectivity index (χ1) is 11.5. The predicted octanol–water partition coefficient (Wildman–Crippen LogP) is 1.25. The highest BCUT2D eigenvalue weighted by atomic mass is 79.9. The van der Waals surface area contributed by atoms with Crippen molar-refractivity contribution in [2.75, 3.05) is 45.9 Å². The third kappa shape index (κ3) is 5.45. The zero-order chi connectivity index (χ0) is 17.5. The van der Waals surface area contributed by atoms with E-state index in [0.29, 0.717) is 43.7 Å². The predicted molar refractivity (Wildman–Crippen MR) is 91.3 cm³/mol. The van der Waals surface area contributed by atoms with Gasteiger partial charge in [0, 0.05) is 37.2 Å². The lowest BCUT2D eigenvalue weighted by atomic mass is 10.3. The van der Waals surface area contributed by atoms with Gasteiger partial charge in [-0.1, -0.05) is 15.9 Å². The standard InChI is InChI=1S/C16H21BrFN3O3/c1-2-19-15(22)10-20-5-7-21(8-6-20)16(23)11-24-14-4-3-12(17)9-13(14)18/h3-4,9H,2,5-8,10-11H2,1H3,(H,19,22). The van der Waals surface area contributed by atoms with Gasteiger partial charge in [0.25, 0.3) is 5.91 Å². The van der Waals surface area contributed by atoms with Crippen LogP contribution in [-0.2, 0) is 9.59 Å². The highest BCUT2D eigenvalue weighted by Gasteiger charge is 2.22. The molecule has 2 amide bonds. The van der Waals surface area contributed by atoms with Crippen LogP contribution in [0, 0.1) is 5.82 Å². The molecule has 0 bridgehead atoms. The van der Waals surface area contributed by atoms with E-state index < -0.39 is 5.82 Å². The largest absolute Gasteiger partial charge is 0.481 e. The van der Waals surface area contributed by atoms with E-state index >= 15 is 0 Å². The number of likely N-dealkylation sites (N-methyl/N-ethyl adjacent to an activating group) is 1. The number of piperazine rings is 1. The molecule has 0 radical (unpaired) electrons. The highest BCUT2D eigenvalue weighted by molar-refractivity contribution is 9.10. The lowest BCUT2D eigenvalue weighted by Gasteiger charge is -2.34. The molecule has 132 valence electrons. The fourth-order valence-electron chi connectivity index (χ4n) is 2.43. The Morgan fingerprint density at radius 1 is 1.29 bits per heavy atom. The first-order valence-corrected chi connectivity index (χ1v) is 8.63. The summed E-state index contributed by atoms with van der Waals surface area (Å²) >= 11 is 3.17. The van der Waals surface area contributed by atoms with Crippen molar-refractivity contribution in [2.24, 2.45) is 0 Å². The lowest BCUT2D eigenvalue weighted by Crippen LogP contribution is -2.52. The van der Waals surface area contributed by atoms with Gasteiger partial charge in [-0.15, -0.1) is 0 Å². The number of carbonyl (C=O) groups excluding carboxylic acids is 2. The number of carbonyl (C=O) groups is 2. The van der Waals surface area contributed by atoms with Crippen LogP contribution in [0.1, 0.15) is 6.92 Å². The number of hydrogen-bond donors (Lipinski definition) is 1. The minimum Gasteiger partial charge on any atom is -0.481 e. The molecule has 0 atom stereocenters. The Balaban J connectivity index is 1.75. The number of hydrogen-bond acceptors (Lipinski definition) is 4. The third-order valence-corrected chi connectivity index (χ3v) is 4.20. The molecule has 1 aliphatic rings. The van der Waals surface area contributed by atoms with Gasteiger partial charge in [0.05, 0.1) is 6.54 Å². The SMILES string of the molecule is CCNC(=O)CN1CCN(C(=O)COc2ccc(Br)cc2F)CC1. The van der Waals surface area contributed by atoms with E-state index in [1.54, 1.807) is 11.0 Å². The van der Waals surface area contributed by atoms with Crippen LogP contribution in [-0.4, -0.2) is 67.5 Å². The average Bonchev–Trinajstić information content (AvgIpc) is 2.54. The van der Waals surface area contributed by atoms with Gasteiger partial charge in [-0.05, 0) is 25.1 Å². The molecule has 1 N–H and O–H groups in total. The van der Waals surface area contributed by atoms with E-state index in [0.717, 1.165) is 0 Å². The Labute approximate surface area is 149 Å². The zero-order valence-electron chi connectivity index (χ0n) is 13.6. The third-order valence-electron chi connectivity index (χ3n) is 3.71. The van der Waals surface area contributed by atoms with Gasteiger partial charge in [-0.2, -0.15) is 0 Å². The summed E-state index contributed by atoms with van der Waals surface area (Å²) in [6.07, 6.45) is 0. The van der Waals surface area contributed by atoms with Crippen LogP contribution in [0.3, 0.4) is 0 Å². The van der Waals surface area contributed by atoms with Crippen molar-refractivity contribution in [3.63, 3.8) is 0 Å². The summed E-state index contributed by atoms with van der Waals surface area (Å²) in [6, 6.07) is 4.43. The van der Waals surface area contributed by atoms with E-state index in [9.17, 15) is 14.0 Å². The first kappa shape index (κ1) is 18.7. The summed E-state index contributed by atoms with van der Waals surface area (Å²) in [6.45, 7) is 4.97. The smallest absolute Gasteiger partial charge is 0.260 e. The zero-order valence-corrected chi connectivity index (χ0v) is 15.1. The molecule has 24 heavy (non-hydrogen) atoms. The van der Waals surface area contributed by atoms with Crippen molar-refractivity contribution in [2.45, 2.75) is 6.92 Å². The fraction of sp³-hybridized carbons (Fsp3) is 0.500. The van der Waals surface area contributed by atoms with Crippen LogP contribution >= 0.6 is 15.9 Å². The summed E-state index contributed by atoms with van der Waals surface area (Å²) in [5.74, 6) is -0.647. The monoisotopic (exact) mass is 401 g/mol. The van der Waals surface area contributed by atoms with E-state index in [-0.39, 0.29) is 24.2 Å². The molecule has 0 unspecified atom stereocenters. The van der Waals surface area contributed by atoms with Gasteiger partial charge in [0.2, 0.25) is 5.91 Å². The molecule has 1 aromatic rings. The number of ether oxygens (including phenoxy) is 1. The van der Waals surface area contributed by atoms with Crippen molar-refractivity contribution in [3.8, 4) is 5.75 Å². The molecule has 0 spiro atoms. The Bertz CT molecular complexity index is 592. The molecule has 1 heterocycles. The molecule has 1 aromatic carbocycles.